The van der Waals surface area contributed by atoms with E-state index in [1.807, 2.05) is 74.0 Å². The van der Waals surface area contributed by atoms with Crippen molar-refractivity contribution in [2.45, 2.75) is 25.1 Å². The molecule has 1 N–H and O–H groups in total. The van der Waals surface area contributed by atoms with Crippen LogP contribution in [0.25, 0.3) is 0 Å². The highest BCUT2D eigenvalue weighted by atomic mass is 32.2. The third-order valence-corrected chi connectivity index (χ3v) is 5.39. The molecule has 2 aromatic carbocycles. The van der Waals surface area contributed by atoms with Crippen molar-refractivity contribution in [3.05, 3.63) is 54.4 Å². The predicted octanol–water partition coefficient (Wildman–Crippen LogP) is 4.09. The van der Waals surface area contributed by atoms with E-state index in [2.05, 4.69) is 15.5 Å². The van der Waals surface area contributed by atoms with Crippen molar-refractivity contribution < 1.29 is 19.0 Å². The molecular weight excluding hydrogens is 416 g/mol. The Morgan fingerprint density at radius 1 is 1.13 bits per heavy atom. The maximum absolute atomic E-state index is 12.3. The van der Waals surface area contributed by atoms with E-state index in [1.165, 1.54) is 11.8 Å². The summed E-state index contributed by atoms with van der Waals surface area (Å²) < 4.78 is 18.4. The van der Waals surface area contributed by atoms with Crippen molar-refractivity contribution in [2.75, 3.05) is 24.8 Å². The standard InChI is InChI=1S/C22H26N4O4S/c1-5-29-17-11-9-16(10-12-17)23-20(27)14-31-22-25-24-21(26(22)3)15(2)30-19-8-6-7-18(13-19)28-4/h6-13,15H,5,14H2,1-4H3,(H,23,27). The molecule has 0 bridgehead atoms. The molecular formula is C22H26N4O4S. The SMILES string of the molecule is CCOc1ccc(NC(=O)CSc2nnc(C(C)Oc3cccc(OC)c3)n2C)cc1. The molecule has 3 aromatic rings. The van der Waals surface area contributed by atoms with Crippen molar-refractivity contribution >= 4 is 23.4 Å². The Hall–Kier alpha value is -3.20. The molecule has 164 valence electrons. The van der Waals surface area contributed by atoms with Crippen LogP contribution in [-0.4, -0.2) is 40.1 Å². The number of amides is 1. The third-order valence-electron chi connectivity index (χ3n) is 4.37. The predicted molar refractivity (Wildman–Crippen MR) is 120 cm³/mol. The molecule has 0 fully saturated rings. The van der Waals surface area contributed by atoms with Gasteiger partial charge in [-0.25, -0.2) is 0 Å². The van der Waals surface area contributed by atoms with Crippen molar-refractivity contribution in [2.24, 2.45) is 7.05 Å². The molecule has 1 heterocycles. The van der Waals surface area contributed by atoms with Crippen molar-refractivity contribution in [1.29, 1.82) is 0 Å². The lowest BCUT2D eigenvalue weighted by Gasteiger charge is -2.14. The van der Waals surface area contributed by atoms with E-state index in [0.717, 1.165) is 11.5 Å². The Morgan fingerprint density at radius 3 is 2.58 bits per heavy atom. The number of carbonyl (C=O) groups is 1. The summed E-state index contributed by atoms with van der Waals surface area (Å²) in [7, 11) is 3.47. The number of nitrogens with zero attached hydrogens (tertiary/aromatic N) is 3. The van der Waals surface area contributed by atoms with Gasteiger partial charge < -0.3 is 24.1 Å². The maximum atomic E-state index is 12.3. The smallest absolute Gasteiger partial charge is 0.234 e. The Labute approximate surface area is 185 Å². The van der Waals surface area contributed by atoms with Crippen molar-refractivity contribution in [1.82, 2.24) is 14.8 Å². The highest BCUT2D eigenvalue weighted by Gasteiger charge is 2.18. The Morgan fingerprint density at radius 2 is 1.87 bits per heavy atom. The fourth-order valence-electron chi connectivity index (χ4n) is 2.87. The highest BCUT2D eigenvalue weighted by Crippen LogP contribution is 2.26. The molecule has 0 spiro atoms. The number of thioether (sulfide) groups is 1. The molecule has 9 heteroatoms. The van der Waals surface area contributed by atoms with Gasteiger partial charge in [0.05, 0.1) is 19.5 Å². The molecule has 0 saturated heterocycles. The second-order valence-corrected chi connectivity index (χ2v) is 7.58. The zero-order valence-corrected chi connectivity index (χ0v) is 18.8. The number of rotatable bonds is 10. The molecule has 3 rings (SSSR count). The van der Waals surface area contributed by atoms with Crippen LogP contribution in [0.1, 0.15) is 25.8 Å². The molecule has 1 atom stereocenters. The van der Waals surface area contributed by atoms with E-state index in [-0.39, 0.29) is 17.8 Å². The van der Waals surface area contributed by atoms with Crippen LogP contribution in [-0.2, 0) is 11.8 Å². The van der Waals surface area contributed by atoms with Crippen LogP contribution >= 0.6 is 11.8 Å². The van der Waals surface area contributed by atoms with Gasteiger partial charge in [-0.3, -0.25) is 4.79 Å². The summed E-state index contributed by atoms with van der Waals surface area (Å²) in [5.74, 6) is 2.92. The van der Waals surface area contributed by atoms with Gasteiger partial charge in [-0.15, -0.1) is 10.2 Å². The topological polar surface area (TPSA) is 87.5 Å². The Balaban J connectivity index is 1.55. The summed E-state index contributed by atoms with van der Waals surface area (Å²) >= 11 is 1.31. The lowest BCUT2D eigenvalue weighted by atomic mass is 10.3. The van der Waals surface area contributed by atoms with Crippen molar-refractivity contribution in [3.8, 4) is 17.2 Å². The van der Waals surface area contributed by atoms with Gasteiger partial charge in [0.15, 0.2) is 17.1 Å². The van der Waals surface area contributed by atoms with Gasteiger partial charge in [0.2, 0.25) is 5.91 Å². The number of hydrogen-bond donors (Lipinski definition) is 1. The van der Waals surface area contributed by atoms with Gasteiger partial charge in [0, 0.05) is 18.8 Å². The number of ether oxygens (including phenoxy) is 3. The van der Waals surface area contributed by atoms with Crippen LogP contribution in [0, 0.1) is 0 Å². The third kappa shape index (κ3) is 6.14. The summed E-state index contributed by atoms with van der Waals surface area (Å²) in [6.45, 7) is 4.43. The van der Waals surface area contributed by atoms with Gasteiger partial charge in [-0.1, -0.05) is 17.8 Å². The molecule has 0 saturated carbocycles. The van der Waals surface area contributed by atoms with E-state index in [9.17, 15) is 4.79 Å². The van der Waals surface area contributed by atoms with E-state index in [0.29, 0.717) is 29.0 Å². The second kappa shape index (κ2) is 10.7. The van der Waals surface area contributed by atoms with E-state index in [4.69, 9.17) is 14.2 Å². The van der Waals surface area contributed by atoms with Gasteiger partial charge in [0.1, 0.15) is 17.2 Å². The zero-order valence-electron chi connectivity index (χ0n) is 18.0. The summed E-state index contributed by atoms with van der Waals surface area (Å²) in [5.41, 5.74) is 0.716. The lowest BCUT2D eigenvalue weighted by molar-refractivity contribution is -0.113. The molecule has 1 amide bonds. The Kier molecular flexibility index (Phi) is 7.77. The van der Waals surface area contributed by atoms with Crippen LogP contribution in [0.15, 0.2) is 53.7 Å². The summed E-state index contributed by atoms with van der Waals surface area (Å²) in [6, 6.07) is 14.7. The molecule has 0 aliphatic heterocycles. The van der Waals surface area contributed by atoms with E-state index in [1.54, 1.807) is 7.11 Å². The van der Waals surface area contributed by atoms with Gasteiger partial charge in [-0.05, 0) is 50.2 Å². The quantitative estimate of drug-likeness (QED) is 0.473. The molecule has 1 unspecified atom stereocenters. The zero-order chi connectivity index (χ0) is 22.2. The maximum Gasteiger partial charge on any atom is 0.234 e. The lowest BCUT2D eigenvalue weighted by Crippen LogP contribution is -2.14. The van der Waals surface area contributed by atoms with Crippen LogP contribution in [0.3, 0.4) is 0 Å². The average Bonchev–Trinajstić information content (AvgIpc) is 3.14. The monoisotopic (exact) mass is 442 g/mol. The first-order valence-electron chi connectivity index (χ1n) is 9.85. The highest BCUT2D eigenvalue weighted by molar-refractivity contribution is 7.99. The molecule has 8 nitrogen and oxygen atoms in total. The van der Waals surface area contributed by atoms with Gasteiger partial charge in [-0.2, -0.15) is 0 Å². The molecule has 0 radical (unpaired) electrons. The fourth-order valence-corrected chi connectivity index (χ4v) is 3.58. The minimum Gasteiger partial charge on any atom is -0.497 e. The number of nitrogens with one attached hydrogen (secondary N) is 1. The van der Waals surface area contributed by atoms with Crippen LogP contribution < -0.4 is 19.5 Å². The molecule has 0 aliphatic carbocycles. The number of aromatic nitrogens is 3. The second-order valence-electron chi connectivity index (χ2n) is 6.63. The molecule has 0 aliphatic rings. The van der Waals surface area contributed by atoms with Crippen LogP contribution in [0.5, 0.6) is 17.2 Å². The van der Waals surface area contributed by atoms with E-state index < -0.39 is 0 Å². The van der Waals surface area contributed by atoms with Crippen LogP contribution in [0.4, 0.5) is 5.69 Å². The number of benzene rings is 2. The number of hydrogen-bond acceptors (Lipinski definition) is 7. The fraction of sp³-hybridized carbons (Fsp3) is 0.318. The first-order valence-corrected chi connectivity index (χ1v) is 10.8. The molecule has 1 aromatic heterocycles. The van der Waals surface area contributed by atoms with Crippen LogP contribution in [0.2, 0.25) is 0 Å². The van der Waals surface area contributed by atoms with Gasteiger partial charge >= 0.3 is 0 Å². The number of methoxy groups -OCH3 is 1. The minimum absolute atomic E-state index is 0.126. The number of anilines is 1. The Bertz CT molecular complexity index is 1010. The normalized spacial score (nSPS) is 11.6. The van der Waals surface area contributed by atoms with Crippen molar-refractivity contribution in [3.63, 3.8) is 0 Å². The number of carbonyl (C=O) groups excluding carboxylic acids is 1. The first kappa shape index (κ1) is 22.5. The minimum atomic E-state index is -0.323. The van der Waals surface area contributed by atoms with Gasteiger partial charge in [0.25, 0.3) is 0 Å². The summed E-state index contributed by atoms with van der Waals surface area (Å²) in [5, 5.41) is 11.9. The molecule has 31 heavy (non-hydrogen) atoms. The van der Waals surface area contributed by atoms with E-state index >= 15 is 0 Å². The average molecular weight is 443 g/mol. The largest absolute Gasteiger partial charge is 0.497 e. The summed E-state index contributed by atoms with van der Waals surface area (Å²) in [4.78, 5) is 12.3. The first-order chi connectivity index (χ1) is 15.0. The summed E-state index contributed by atoms with van der Waals surface area (Å²) in [6.07, 6.45) is -0.323.